The Bertz CT molecular complexity index is 895. The molecule has 2 bridgehead atoms. The van der Waals surface area contributed by atoms with Crippen LogP contribution in [0.3, 0.4) is 0 Å². The third-order valence-electron chi connectivity index (χ3n) is 10.8. The van der Waals surface area contributed by atoms with Gasteiger partial charge in [0.2, 0.25) is 0 Å². The number of unbranched alkanes of at least 4 members (excludes halogenated alkanes) is 2. The molecule has 0 N–H and O–H groups in total. The summed E-state index contributed by atoms with van der Waals surface area (Å²) in [6.45, 7) is 1.15. The van der Waals surface area contributed by atoms with Gasteiger partial charge in [-0.25, -0.2) is 4.79 Å². The summed E-state index contributed by atoms with van der Waals surface area (Å²) in [5.74, 6) is 3.47. The third-order valence-corrected chi connectivity index (χ3v) is 10.8. The van der Waals surface area contributed by atoms with Gasteiger partial charge < -0.3 is 4.74 Å². The second kappa shape index (κ2) is 9.76. The average molecular weight is 482 g/mol. The highest BCUT2D eigenvalue weighted by atomic mass is 16.6. The lowest BCUT2D eigenvalue weighted by atomic mass is 9.72. The molecule has 3 aliphatic heterocycles. The Morgan fingerprint density at radius 2 is 1.74 bits per heavy atom. The van der Waals surface area contributed by atoms with Gasteiger partial charge in [0, 0.05) is 44.2 Å². The van der Waals surface area contributed by atoms with Crippen molar-refractivity contribution in [2.45, 2.75) is 127 Å². The molecule has 1 spiro atoms. The molecule has 6 rings (SSSR count). The van der Waals surface area contributed by atoms with E-state index in [2.05, 4.69) is 4.90 Å². The van der Waals surface area contributed by atoms with E-state index in [1.165, 1.54) is 37.7 Å². The molecule has 0 amide bonds. The highest BCUT2D eigenvalue weighted by Crippen LogP contribution is 2.56. The van der Waals surface area contributed by atoms with Crippen LogP contribution in [0.5, 0.6) is 0 Å². The van der Waals surface area contributed by atoms with Crippen LogP contribution in [0.25, 0.3) is 0 Å². The molecule has 0 aromatic carbocycles. The molecule has 4 unspecified atom stereocenters. The van der Waals surface area contributed by atoms with E-state index in [9.17, 15) is 14.4 Å². The zero-order valence-electron chi connectivity index (χ0n) is 21.3. The minimum absolute atomic E-state index is 0.123. The van der Waals surface area contributed by atoms with Gasteiger partial charge in [0.05, 0.1) is 6.04 Å². The number of piperidine rings is 1. The van der Waals surface area contributed by atoms with Crippen LogP contribution in [0.4, 0.5) is 0 Å². The van der Waals surface area contributed by atoms with Gasteiger partial charge in [0.15, 0.2) is 5.60 Å². The van der Waals surface area contributed by atoms with Crippen LogP contribution in [-0.4, -0.2) is 46.7 Å². The molecule has 3 aliphatic carbocycles. The highest BCUT2D eigenvalue weighted by Gasteiger charge is 2.63. The second-order valence-corrected chi connectivity index (χ2v) is 12.7. The predicted molar refractivity (Wildman–Crippen MR) is 134 cm³/mol. The summed E-state index contributed by atoms with van der Waals surface area (Å²) in [7, 11) is 0. The Hall–Kier alpha value is -1.49. The Kier molecular flexibility index (Phi) is 6.66. The number of carbonyl (C=O) groups excluding carboxylic acids is 3. The largest absolute Gasteiger partial charge is 0.450 e. The Morgan fingerprint density at radius 3 is 2.57 bits per heavy atom. The summed E-state index contributed by atoms with van der Waals surface area (Å²) in [6, 6.07) is 0.944. The lowest BCUT2D eigenvalue weighted by Gasteiger charge is -2.38. The van der Waals surface area contributed by atoms with Crippen molar-refractivity contribution >= 4 is 17.5 Å². The summed E-state index contributed by atoms with van der Waals surface area (Å²) in [5, 5.41) is 0. The predicted octanol–water partition coefficient (Wildman–Crippen LogP) is 5.55. The van der Waals surface area contributed by atoms with Crippen molar-refractivity contribution in [1.29, 1.82) is 0 Å². The zero-order valence-corrected chi connectivity index (χ0v) is 21.3. The smallest absolute Gasteiger partial charge is 0.331 e. The average Bonchev–Trinajstić information content (AvgIpc) is 3.56. The number of Topliss-reactive ketones (excluding diaryl/α,β-unsaturated/α-hetero) is 2. The van der Waals surface area contributed by atoms with Crippen molar-refractivity contribution < 1.29 is 19.1 Å². The molecular formula is C30H43NO4. The van der Waals surface area contributed by atoms with Crippen LogP contribution in [0, 0.1) is 23.7 Å². The molecule has 5 nitrogen and oxygen atoms in total. The quantitative estimate of drug-likeness (QED) is 0.302. The maximum atomic E-state index is 12.5. The maximum Gasteiger partial charge on any atom is 0.331 e. The van der Waals surface area contributed by atoms with Gasteiger partial charge in [-0.15, -0.1) is 0 Å². The molecule has 192 valence electrons. The maximum absolute atomic E-state index is 12.5. The van der Waals surface area contributed by atoms with Crippen LogP contribution in [0.15, 0.2) is 11.6 Å². The lowest BCUT2D eigenvalue weighted by molar-refractivity contribution is -0.148. The number of ketones is 2. The van der Waals surface area contributed by atoms with E-state index in [4.69, 9.17) is 4.74 Å². The van der Waals surface area contributed by atoms with Crippen molar-refractivity contribution in [3.8, 4) is 0 Å². The SMILES string of the molecule is O=C(CCCCC1CCC2CC(=O)CC12)CCCCC1CC2=CC(=O)O[C@@]23C[C@@H]1N1CCCC[C@@H]13. The molecule has 6 aliphatic rings. The number of rotatable bonds is 10. The highest BCUT2D eigenvalue weighted by molar-refractivity contribution is 5.87. The first-order valence-corrected chi connectivity index (χ1v) is 14.8. The number of fused-ring (bicyclic) bond motifs is 4. The van der Waals surface area contributed by atoms with E-state index < -0.39 is 0 Å². The van der Waals surface area contributed by atoms with Crippen LogP contribution in [-0.2, 0) is 19.1 Å². The van der Waals surface area contributed by atoms with Crippen molar-refractivity contribution in [1.82, 2.24) is 4.90 Å². The number of ether oxygens (including phenoxy) is 1. The van der Waals surface area contributed by atoms with E-state index in [-0.39, 0.29) is 11.6 Å². The molecule has 7 atom stereocenters. The number of esters is 1. The molecule has 5 fully saturated rings. The first-order valence-electron chi connectivity index (χ1n) is 14.8. The summed E-state index contributed by atoms with van der Waals surface area (Å²) in [4.78, 5) is 39.1. The van der Waals surface area contributed by atoms with Crippen molar-refractivity contribution in [2.75, 3.05) is 6.54 Å². The normalized spacial score (nSPS) is 39.8. The molecule has 0 aromatic heterocycles. The van der Waals surface area contributed by atoms with Gasteiger partial charge in [0.25, 0.3) is 0 Å². The fourth-order valence-electron chi connectivity index (χ4n) is 9.20. The van der Waals surface area contributed by atoms with Gasteiger partial charge in [-0.1, -0.05) is 25.7 Å². The van der Waals surface area contributed by atoms with E-state index in [1.807, 2.05) is 0 Å². The molecule has 3 saturated carbocycles. The van der Waals surface area contributed by atoms with E-state index in [1.54, 1.807) is 6.08 Å². The number of nitrogens with zero attached hydrogens (tertiary/aromatic N) is 1. The van der Waals surface area contributed by atoms with Gasteiger partial charge in [-0.05, 0) is 87.2 Å². The van der Waals surface area contributed by atoms with Gasteiger partial charge in [-0.3, -0.25) is 14.5 Å². The number of carbonyl (C=O) groups is 3. The minimum atomic E-state index is -0.304. The zero-order chi connectivity index (χ0) is 24.0. The summed E-state index contributed by atoms with van der Waals surface area (Å²) in [6.07, 6.45) is 19.8. The first kappa shape index (κ1) is 23.9. The van der Waals surface area contributed by atoms with Crippen LogP contribution < -0.4 is 0 Å². The molecular weight excluding hydrogens is 438 g/mol. The molecule has 0 aromatic rings. The Balaban J connectivity index is 0.910. The first-order chi connectivity index (χ1) is 17.0. The van der Waals surface area contributed by atoms with Crippen LogP contribution in [0.2, 0.25) is 0 Å². The van der Waals surface area contributed by atoms with Gasteiger partial charge >= 0.3 is 5.97 Å². The number of hydrogen-bond donors (Lipinski definition) is 0. The molecule has 0 radical (unpaired) electrons. The van der Waals surface area contributed by atoms with Crippen molar-refractivity contribution in [2.24, 2.45) is 23.7 Å². The van der Waals surface area contributed by atoms with Crippen LogP contribution >= 0.6 is 0 Å². The third kappa shape index (κ3) is 4.45. The van der Waals surface area contributed by atoms with Crippen molar-refractivity contribution in [3.63, 3.8) is 0 Å². The second-order valence-electron chi connectivity index (χ2n) is 12.7. The standard InChI is InChI=1S/C30H43NO4/c32-24(9-3-1-7-20-12-13-21-16-25(33)18-26(20)21)10-4-2-8-22-15-23-17-29(34)35-30(23)19-27(22)31-14-6-5-11-28(30)31/h17,20-22,26-28H,1-16,18-19H2/t20?,21?,22?,26?,27-,28+,30-/m0/s1. The Morgan fingerprint density at radius 1 is 0.943 bits per heavy atom. The van der Waals surface area contributed by atoms with E-state index in [0.717, 1.165) is 89.5 Å². The van der Waals surface area contributed by atoms with Crippen molar-refractivity contribution in [3.05, 3.63) is 11.6 Å². The summed E-state index contributed by atoms with van der Waals surface area (Å²) >= 11 is 0. The molecule has 2 saturated heterocycles. The summed E-state index contributed by atoms with van der Waals surface area (Å²) in [5.41, 5.74) is 0.964. The van der Waals surface area contributed by atoms with Crippen LogP contribution in [0.1, 0.15) is 109 Å². The number of hydrogen-bond acceptors (Lipinski definition) is 5. The molecule has 35 heavy (non-hydrogen) atoms. The fourth-order valence-corrected chi connectivity index (χ4v) is 9.20. The Labute approximate surface area is 210 Å². The minimum Gasteiger partial charge on any atom is -0.450 e. The monoisotopic (exact) mass is 481 g/mol. The van der Waals surface area contributed by atoms with Gasteiger partial charge in [-0.2, -0.15) is 0 Å². The molecule has 3 heterocycles. The fraction of sp³-hybridized carbons (Fsp3) is 0.833. The van der Waals surface area contributed by atoms with E-state index >= 15 is 0 Å². The van der Waals surface area contributed by atoms with Gasteiger partial charge in [0.1, 0.15) is 11.6 Å². The topological polar surface area (TPSA) is 63.7 Å². The lowest BCUT2D eigenvalue weighted by Crippen LogP contribution is -2.48. The molecule has 5 heteroatoms. The summed E-state index contributed by atoms with van der Waals surface area (Å²) < 4.78 is 5.99. The van der Waals surface area contributed by atoms with E-state index in [0.29, 0.717) is 41.4 Å².